The molecule has 0 saturated heterocycles. The maximum Gasteiger partial charge on any atom is 0.267 e. The molecule has 0 aliphatic rings. The predicted octanol–water partition coefficient (Wildman–Crippen LogP) is 5.93. The summed E-state index contributed by atoms with van der Waals surface area (Å²) < 4.78 is 7.47. The summed E-state index contributed by atoms with van der Waals surface area (Å²) in [7, 11) is 1.64. The van der Waals surface area contributed by atoms with Gasteiger partial charge in [0.2, 0.25) is 0 Å². The van der Waals surface area contributed by atoms with Crippen molar-refractivity contribution in [3.8, 4) is 5.75 Å². The fraction of sp³-hybridized carbons (Fsp3) is 0.161. The normalized spacial score (nSPS) is 11.6. The first kappa shape index (κ1) is 26.1. The van der Waals surface area contributed by atoms with E-state index in [-0.39, 0.29) is 11.6 Å². The number of fused-ring (bicyclic) bond motifs is 2. The molecule has 39 heavy (non-hydrogen) atoms. The van der Waals surface area contributed by atoms with Crippen LogP contribution in [-0.2, 0) is 17.8 Å². The zero-order valence-electron chi connectivity index (χ0n) is 21.8. The molecular weight excluding hydrogens is 512 g/mol. The van der Waals surface area contributed by atoms with Crippen molar-refractivity contribution in [2.45, 2.75) is 19.9 Å². The molecule has 8 heteroatoms. The van der Waals surface area contributed by atoms with E-state index in [1.165, 1.54) is 0 Å². The number of carbonyl (C=O) groups is 2. The number of carbonyl (C=O) groups excluding carboxylic acids is 2. The molecule has 2 amide bonds. The first-order chi connectivity index (χ1) is 19.0. The molecule has 7 nitrogen and oxygen atoms in total. The lowest BCUT2D eigenvalue weighted by Crippen LogP contribution is -2.35. The number of aromatic nitrogens is 2. The number of hydrogen-bond acceptors (Lipinski definition) is 3. The summed E-state index contributed by atoms with van der Waals surface area (Å²) in [5.41, 5.74) is 4.37. The molecule has 0 fully saturated rings. The van der Waals surface area contributed by atoms with Crippen molar-refractivity contribution in [2.24, 2.45) is 0 Å². The molecule has 0 radical (unpaired) electrons. The number of nitrogens with zero attached hydrogens (tertiary/aromatic N) is 1. The lowest BCUT2D eigenvalue weighted by atomic mass is 10.1. The number of H-pyrrole nitrogens is 1. The molecule has 2 heterocycles. The molecule has 0 unspecified atom stereocenters. The van der Waals surface area contributed by atoms with Crippen LogP contribution in [0, 0.1) is 0 Å². The standard InChI is InChI=1S/C31H29ClN4O3/c1-3-36-19-21(23-8-5-7-11-29(23)36)16-28(35-30(37)24-9-4-6-10-26(24)32)31(38)33-15-14-20-18-34-27-13-12-22(39-2)17-25(20)27/h4-13,16-19,34H,3,14-15H2,1-2H3,(H,33,38)(H,35,37)/b28-16-. The van der Waals surface area contributed by atoms with Crippen LogP contribution in [0.5, 0.6) is 5.75 Å². The number of rotatable bonds is 9. The zero-order valence-corrected chi connectivity index (χ0v) is 22.5. The van der Waals surface area contributed by atoms with Crippen LogP contribution in [-0.4, -0.2) is 35.0 Å². The van der Waals surface area contributed by atoms with E-state index in [9.17, 15) is 9.59 Å². The Balaban J connectivity index is 1.41. The predicted molar refractivity (Wildman–Crippen MR) is 156 cm³/mol. The molecule has 2 aromatic heterocycles. The van der Waals surface area contributed by atoms with Gasteiger partial charge in [-0.15, -0.1) is 0 Å². The first-order valence-electron chi connectivity index (χ1n) is 12.8. The van der Waals surface area contributed by atoms with Crippen molar-refractivity contribution < 1.29 is 14.3 Å². The number of ether oxygens (including phenoxy) is 1. The second kappa shape index (κ2) is 11.5. The van der Waals surface area contributed by atoms with E-state index in [0.29, 0.717) is 23.6 Å². The van der Waals surface area contributed by atoms with Crippen molar-refractivity contribution in [1.82, 2.24) is 20.2 Å². The third-order valence-electron chi connectivity index (χ3n) is 6.73. The van der Waals surface area contributed by atoms with Gasteiger partial charge >= 0.3 is 0 Å². The lowest BCUT2D eigenvalue weighted by molar-refractivity contribution is -0.117. The van der Waals surface area contributed by atoms with E-state index in [4.69, 9.17) is 16.3 Å². The molecule has 3 N–H and O–H groups in total. The van der Waals surface area contributed by atoms with Gasteiger partial charge in [0.25, 0.3) is 11.8 Å². The smallest absolute Gasteiger partial charge is 0.267 e. The quantitative estimate of drug-likeness (QED) is 0.202. The number of para-hydroxylation sites is 1. The van der Waals surface area contributed by atoms with Crippen molar-refractivity contribution in [2.75, 3.05) is 13.7 Å². The molecular formula is C31H29ClN4O3. The minimum Gasteiger partial charge on any atom is -0.497 e. The second-order valence-electron chi connectivity index (χ2n) is 9.11. The molecule has 0 saturated carbocycles. The minimum absolute atomic E-state index is 0.138. The van der Waals surface area contributed by atoms with Gasteiger partial charge in [-0.1, -0.05) is 41.9 Å². The Hall–Kier alpha value is -4.49. The summed E-state index contributed by atoms with van der Waals surface area (Å²) in [6.07, 6.45) is 6.24. The third kappa shape index (κ3) is 5.54. The Kier molecular flexibility index (Phi) is 7.70. The van der Waals surface area contributed by atoms with Crippen molar-refractivity contribution in [3.63, 3.8) is 0 Å². The molecule has 0 aliphatic carbocycles. The summed E-state index contributed by atoms with van der Waals surface area (Å²) in [6.45, 7) is 3.21. The summed E-state index contributed by atoms with van der Waals surface area (Å²) >= 11 is 6.26. The number of methoxy groups -OCH3 is 1. The summed E-state index contributed by atoms with van der Waals surface area (Å²) in [5.74, 6) is -0.0720. The van der Waals surface area contributed by atoms with E-state index < -0.39 is 5.91 Å². The largest absolute Gasteiger partial charge is 0.497 e. The Morgan fingerprint density at radius 3 is 2.64 bits per heavy atom. The highest BCUT2D eigenvalue weighted by Crippen LogP contribution is 2.25. The Labute approximate surface area is 231 Å². The van der Waals surface area contributed by atoms with E-state index in [1.54, 1.807) is 37.5 Å². The van der Waals surface area contributed by atoms with Gasteiger partial charge in [-0.05, 0) is 61.4 Å². The van der Waals surface area contributed by atoms with Crippen molar-refractivity contribution in [3.05, 3.63) is 107 Å². The van der Waals surface area contributed by atoms with Crippen LogP contribution in [0.15, 0.2) is 84.8 Å². The molecule has 0 atom stereocenters. The van der Waals surface area contributed by atoms with Gasteiger partial charge in [-0.3, -0.25) is 9.59 Å². The number of aromatic amines is 1. The molecule has 198 valence electrons. The number of aryl methyl sites for hydroxylation is 1. The monoisotopic (exact) mass is 540 g/mol. The average molecular weight is 541 g/mol. The van der Waals surface area contributed by atoms with Gasteiger partial charge in [0.1, 0.15) is 11.4 Å². The van der Waals surface area contributed by atoms with Crippen LogP contribution in [0.3, 0.4) is 0 Å². The molecule has 5 aromatic rings. The lowest BCUT2D eigenvalue weighted by Gasteiger charge is -2.12. The van der Waals surface area contributed by atoms with Gasteiger partial charge in [-0.2, -0.15) is 0 Å². The van der Waals surface area contributed by atoms with Gasteiger partial charge in [0.15, 0.2) is 0 Å². The van der Waals surface area contributed by atoms with Crippen LogP contribution >= 0.6 is 11.6 Å². The fourth-order valence-corrected chi connectivity index (χ4v) is 4.92. The number of hydrogen-bond donors (Lipinski definition) is 3. The molecule has 0 bridgehead atoms. The first-order valence-corrected chi connectivity index (χ1v) is 13.1. The van der Waals surface area contributed by atoms with Gasteiger partial charge in [-0.25, -0.2) is 0 Å². The van der Waals surface area contributed by atoms with E-state index >= 15 is 0 Å². The molecule has 0 aliphatic heterocycles. The van der Waals surface area contributed by atoms with E-state index in [2.05, 4.69) is 27.1 Å². The Morgan fingerprint density at radius 1 is 1.05 bits per heavy atom. The maximum atomic E-state index is 13.4. The zero-order chi connectivity index (χ0) is 27.4. The highest BCUT2D eigenvalue weighted by molar-refractivity contribution is 6.34. The van der Waals surface area contributed by atoms with Crippen molar-refractivity contribution >= 4 is 51.3 Å². The average Bonchev–Trinajstić information content (AvgIpc) is 3.53. The Morgan fingerprint density at radius 2 is 1.85 bits per heavy atom. The topological polar surface area (TPSA) is 88.2 Å². The second-order valence-corrected chi connectivity index (χ2v) is 9.52. The van der Waals surface area contributed by atoms with Gasteiger partial charge in [0, 0.05) is 52.9 Å². The molecule has 3 aromatic carbocycles. The van der Waals surface area contributed by atoms with Crippen LogP contribution in [0.1, 0.15) is 28.4 Å². The van der Waals surface area contributed by atoms with Crippen LogP contribution in [0.25, 0.3) is 27.9 Å². The van der Waals surface area contributed by atoms with Crippen LogP contribution < -0.4 is 15.4 Å². The Bertz CT molecular complexity index is 1700. The highest BCUT2D eigenvalue weighted by Gasteiger charge is 2.18. The van der Waals surface area contributed by atoms with Gasteiger partial charge < -0.3 is 24.9 Å². The summed E-state index contributed by atoms with van der Waals surface area (Å²) in [4.78, 5) is 29.8. The third-order valence-corrected chi connectivity index (χ3v) is 7.06. The molecule has 0 spiro atoms. The summed E-state index contributed by atoms with van der Waals surface area (Å²) in [5, 5.41) is 8.11. The number of amides is 2. The molecule has 5 rings (SSSR count). The van der Waals surface area contributed by atoms with Crippen molar-refractivity contribution in [1.29, 1.82) is 0 Å². The fourth-order valence-electron chi connectivity index (χ4n) is 4.70. The number of halogens is 1. The number of benzene rings is 3. The van der Waals surface area contributed by atoms with Gasteiger partial charge in [0.05, 0.1) is 17.7 Å². The minimum atomic E-state index is -0.454. The summed E-state index contributed by atoms with van der Waals surface area (Å²) in [6, 6.07) is 20.6. The maximum absolute atomic E-state index is 13.4. The highest BCUT2D eigenvalue weighted by atomic mass is 35.5. The van der Waals surface area contributed by atoms with E-state index in [0.717, 1.165) is 45.2 Å². The SMILES string of the molecule is CCn1cc(/C=C(\NC(=O)c2ccccc2Cl)C(=O)NCCc2c[nH]c3ccc(OC)cc23)c2ccccc21. The van der Waals surface area contributed by atoms with E-state index in [1.807, 2.05) is 54.9 Å². The number of nitrogens with one attached hydrogen (secondary N) is 3. The van der Waals surface area contributed by atoms with Crippen LogP contribution in [0.4, 0.5) is 0 Å². The van der Waals surface area contributed by atoms with Crippen LogP contribution in [0.2, 0.25) is 5.02 Å².